The van der Waals surface area contributed by atoms with Crippen molar-refractivity contribution < 1.29 is 9.31 Å². The minimum Gasteiger partial charge on any atom is -0.407 e. The summed E-state index contributed by atoms with van der Waals surface area (Å²) in [6, 6.07) is 7.34. The van der Waals surface area contributed by atoms with E-state index in [2.05, 4.69) is 13.8 Å². The molecule has 0 aliphatic carbocycles. The van der Waals surface area contributed by atoms with Crippen molar-refractivity contribution in [2.75, 3.05) is 13.2 Å². The molecule has 1 aromatic rings. The van der Waals surface area contributed by atoms with Gasteiger partial charge in [0.15, 0.2) is 0 Å². The molecular formula is C12H13BClNO2. The standard InChI is InChI=1S/C12H13BClNO2/c1-12(2)7-16-13(17-8-12)10-5-3-4-9(6-15)11(10)14/h3-5H,7-8H2,1-2H3. The molecule has 0 N–H and O–H groups in total. The first-order valence-electron chi connectivity index (χ1n) is 5.45. The van der Waals surface area contributed by atoms with Crippen LogP contribution in [0.15, 0.2) is 18.2 Å². The molecule has 2 rings (SSSR count). The van der Waals surface area contributed by atoms with Crippen molar-refractivity contribution in [2.24, 2.45) is 5.41 Å². The predicted octanol–water partition coefficient (Wildman–Crippen LogP) is 1.98. The summed E-state index contributed by atoms with van der Waals surface area (Å²) in [7, 11) is -0.469. The predicted molar refractivity (Wildman–Crippen MR) is 67.2 cm³/mol. The van der Waals surface area contributed by atoms with E-state index in [4.69, 9.17) is 26.2 Å². The fourth-order valence-corrected chi connectivity index (χ4v) is 1.95. The normalized spacial score (nSPS) is 18.8. The molecule has 17 heavy (non-hydrogen) atoms. The third kappa shape index (κ3) is 2.63. The Morgan fingerprint density at radius 1 is 1.35 bits per heavy atom. The van der Waals surface area contributed by atoms with E-state index in [1.54, 1.807) is 12.1 Å². The van der Waals surface area contributed by atoms with E-state index in [9.17, 15) is 0 Å². The lowest BCUT2D eigenvalue weighted by Gasteiger charge is -2.33. The second-order valence-corrected chi connectivity index (χ2v) is 5.32. The van der Waals surface area contributed by atoms with Gasteiger partial charge >= 0.3 is 7.12 Å². The van der Waals surface area contributed by atoms with Crippen LogP contribution in [0.4, 0.5) is 0 Å². The van der Waals surface area contributed by atoms with Crippen molar-refractivity contribution in [3.8, 4) is 6.07 Å². The molecule has 88 valence electrons. The highest BCUT2D eigenvalue weighted by Gasteiger charge is 2.34. The fraction of sp³-hybridized carbons (Fsp3) is 0.417. The van der Waals surface area contributed by atoms with Crippen LogP contribution in [0.3, 0.4) is 0 Å². The van der Waals surface area contributed by atoms with Gasteiger partial charge in [0.1, 0.15) is 6.07 Å². The molecule has 0 radical (unpaired) electrons. The zero-order valence-electron chi connectivity index (χ0n) is 9.87. The third-order valence-corrected chi connectivity index (χ3v) is 3.08. The van der Waals surface area contributed by atoms with Crippen molar-refractivity contribution in [3.63, 3.8) is 0 Å². The van der Waals surface area contributed by atoms with E-state index in [0.29, 0.717) is 23.8 Å². The summed E-state index contributed by atoms with van der Waals surface area (Å²) in [5.41, 5.74) is 1.19. The average Bonchev–Trinajstić information content (AvgIpc) is 2.30. The maximum Gasteiger partial charge on any atom is 0.495 e. The lowest BCUT2D eigenvalue weighted by molar-refractivity contribution is 0.0343. The minimum atomic E-state index is -0.469. The van der Waals surface area contributed by atoms with Gasteiger partial charge in [0.2, 0.25) is 0 Å². The first-order chi connectivity index (χ1) is 8.03. The Balaban J connectivity index is 2.22. The number of halogens is 1. The number of benzene rings is 1. The molecule has 1 aromatic carbocycles. The smallest absolute Gasteiger partial charge is 0.407 e. The van der Waals surface area contributed by atoms with E-state index in [-0.39, 0.29) is 5.41 Å². The topological polar surface area (TPSA) is 42.2 Å². The van der Waals surface area contributed by atoms with E-state index >= 15 is 0 Å². The van der Waals surface area contributed by atoms with Gasteiger partial charge in [-0.05, 0) is 6.07 Å². The summed E-state index contributed by atoms with van der Waals surface area (Å²) < 4.78 is 11.3. The molecule has 0 unspecified atom stereocenters. The van der Waals surface area contributed by atoms with Gasteiger partial charge in [-0.3, -0.25) is 0 Å². The summed E-state index contributed by atoms with van der Waals surface area (Å²) >= 11 is 6.13. The van der Waals surface area contributed by atoms with Gasteiger partial charge in [-0.2, -0.15) is 5.26 Å². The van der Waals surface area contributed by atoms with E-state index in [0.717, 1.165) is 5.46 Å². The average molecular weight is 250 g/mol. The van der Waals surface area contributed by atoms with Gasteiger partial charge in [-0.15, -0.1) is 0 Å². The molecule has 3 nitrogen and oxygen atoms in total. The Bertz CT molecular complexity index is 460. The SMILES string of the molecule is CC1(C)COB(c2cccc(C#N)c2Cl)OC1. The molecule has 1 aliphatic rings. The fourth-order valence-electron chi connectivity index (χ4n) is 1.69. The zero-order chi connectivity index (χ0) is 12.5. The van der Waals surface area contributed by atoms with Crippen LogP contribution in [0.2, 0.25) is 5.02 Å². The number of nitriles is 1. The first-order valence-corrected chi connectivity index (χ1v) is 5.83. The molecule has 1 heterocycles. The van der Waals surface area contributed by atoms with Gasteiger partial charge in [0.25, 0.3) is 0 Å². The Labute approximate surface area is 106 Å². The summed E-state index contributed by atoms with van der Waals surface area (Å²) in [6.45, 7) is 5.39. The second kappa shape index (κ2) is 4.69. The summed E-state index contributed by atoms with van der Waals surface area (Å²) in [5, 5.41) is 9.32. The van der Waals surface area contributed by atoms with Crippen LogP contribution >= 0.6 is 11.6 Å². The van der Waals surface area contributed by atoms with Crippen molar-refractivity contribution >= 4 is 24.2 Å². The monoisotopic (exact) mass is 249 g/mol. The van der Waals surface area contributed by atoms with Crippen molar-refractivity contribution in [2.45, 2.75) is 13.8 Å². The quantitative estimate of drug-likeness (QED) is 0.715. The Kier molecular flexibility index (Phi) is 3.44. The second-order valence-electron chi connectivity index (χ2n) is 4.94. The molecule has 1 aliphatic heterocycles. The number of rotatable bonds is 1. The Hall–Kier alpha value is -1.02. The molecule has 0 bridgehead atoms. The molecule has 1 saturated heterocycles. The number of hydrogen-bond acceptors (Lipinski definition) is 3. The van der Waals surface area contributed by atoms with Crippen molar-refractivity contribution in [3.05, 3.63) is 28.8 Å². The van der Waals surface area contributed by atoms with E-state index in [1.807, 2.05) is 12.1 Å². The van der Waals surface area contributed by atoms with E-state index in [1.165, 1.54) is 0 Å². The van der Waals surface area contributed by atoms with Crippen molar-refractivity contribution in [1.82, 2.24) is 0 Å². The van der Waals surface area contributed by atoms with E-state index < -0.39 is 7.12 Å². The summed E-state index contributed by atoms with van der Waals surface area (Å²) in [4.78, 5) is 0. The highest BCUT2D eigenvalue weighted by Crippen LogP contribution is 2.23. The Morgan fingerprint density at radius 2 is 2.00 bits per heavy atom. The van der Waals surface area contributed by atoms with Gasteiger partial charge in [0, 0.05) is 24.1 Å². The molecule has 0 spiro atoms. The van der Waals surface area contributed by atoms with Crippen LogP contribution in [-0.2, 0) is 9.31 Å². The molecule has 0 amide bonds. The highest BCUT2D eigenvalue weighted by atomic mass is 35.5. The van der Waals surface area contributed by atoms with Crippen molar-refractivity contribution in [1.29, 1.82) is 5.26 Å². The molecule has 0 atom stereocenters. The summed E-state index contributed by atoms with van der Waals surface area (Å²) in [6.07, 6.45) is 0. The Morgan fingerprint density at radius 3 is 2.59 bits per heavy atom. The van der Waals surface area contributed by atoms with Crippen LogP contribution in [-0.4, -0.2) is 20.3 Å². The zero-order valence-corrected chi connectivity index (χ0v) is 10.6. The minimum absolute atomic E-state index is 0.0236. The van der Waals surface area contributed by atoms with Crippen LogP contribution < -0.4 is 5.46 Å². The molecule has 0 aromatic heterocycles. The van der Waals surface area contributed by atoms with Gasteiger partial charge in [-0.25, -0.2) is 0 Å². The molecular weight excluding hydrogens is 236 g/mol. The van der Waals surface area contributed by atoms with Gasteiger partial charge < -0.3 is 9.31 Å². The van der Waals surface area contributed by atoms with Crippen LogP contribution in [0, 0.1) is 16.7 Å². The van der Waals surface area contributed by atoms with Crippen LogP contribution in [0.5, 0.6) is 0 Å². The van der Waals surface area contributed by atoms with Gasteiger partial charge in [-0.1, -0.05) is 37.6 Å². The van der Waals surface area contributed by atoms with Crippen LogP contribution in [0.1, 0.15) is 19.4 Å². The molecule has 1 fully saturated rings. The first kappa shape index (κ1) is 12.4. The number of nitrogens with zero attached hydrogens (tertiary/aromatic N) is 1. The maximum absolute atomic E-state index is 8.91. The lowest BCUT2D eigenvalue weighted by atomic mass is 9.75. The largest absolute Gasteiger partial charge is 0.495 e. The highest BCUT2D eigenvalue weighted by molar-refractivity contribution is 6.65. The molecule has 5 heteroatoms. The lowest BCUT2D eigenvalue weighted by Crippen LogP contribution is -2.47. The summed E-state index contributed by atoms with van der Waals surface area (Å²) in [5.74, 6) is 0. The third-order valence-electron chi connectivity index (χ3n) is 2.65. The number of hydrogen-bond donors (Lipinski definition) is 0. The van der Waals surface area contributed by atoms with Gasteiger partial charge in [0.05, 0.1) is 10.6 Å². The van der Waals surface area contributed by atoms with Crippen LogP contribution in [0.25, 0.3) is 0 Å². The maximum atomic E-state index is 8.91. The molecule has 0 saturated carbocycles.